The Morgan fingerprint density at radius 1 is 1.16 bits per heavy atom. The molecule has 1 aliphatic heterocycles. The lowest BCUT2D eigenvalue weighted by Crippen LogP contribution is -2.49. The van der Waals surface area contributed by atoms with Crippen LogP contribution in [0.25, 0.3) is 0 Å². The maximum atomic E-state index is 13.4. The highest BCUT2D eigenvalue weighted by Gasteiger charge is 2.32. The molecule has 0 radical (unpaired) electrons. The molecule has 166 valence electrons. The van der Waals surface area contributed by atoms with E-state index in [-0.39, 0.29) is 30.4 Å². The molecule has 8 heteroatoms. The minimum absolute atomic E-state index is 0.0410. The van der Waals surface area contributed by atoms with E-state index in [0.717, 1.165) is 6.42 Å². The predicted octanol–water partition coefficient (Wildman–Crippen LogP) is 1.14. The van der Waals surface area contributed by atoms with Gasteiger partial charge in [-0.2, -0.15) is 0 Å². The fourth-order valence-corrected chi connectivity index (χ4v) is 3.96. The Balaban J connectivity index is 1.77. The number of guanidine groups is 1. The number of amides is 1. The number of hydrogen-bond donors (Lipinski definition) is 5. The Morgan fingerprint density at radius 2 is 1.77 bits per heavy atom. The maximum absolute atomic E-state index is 13.4. The molecule has 1 aliphatic rings. The van der Waals surface area contributed by atoms with Crippen LogP contribution >= 0.6 is 0 Å². The van der Waals surface area contributed by atoms with Gasteiger partial charge >= 0.3 is 0 Å². The molecule has 2 atom stereocenters. The molecule has 3 rings (SSSR count). The lowest BCUT2D eigenvalue weighted by atomic mass is 9.90. The molecule has 31 heavy (non-hydrogen) atoms. The quantitative estimate of drug-likeness (QED) is 0.178. The molecule has 1 amide bonds. The van der Waals surface area contributed by atoms with E-state index < -0.39 is 6.04 Å². The van der Waals surface area contributed by atoms with E-state index in [1.807, 2.05) is 41.3 Å². The molecule has 2 aromatic rings. The number of nitrogens with two attached hydrogens (primary N) is 2. The van der Waals surface area contributed by atoms with E-state index >= 15 is 0 Å². The molecule has 1 heterocycles. The first-order chi connectivity index (χ1) is 15.1. The van der Waals surface area contributed by atoms with Gasteiger partial charge < -0.3 is 21.7 Å². The number of rotatable bonds is 9. The summed E-state index contributed by atoms with van der Waals surface area (Å²) >= 11 is 0. The second-order valence-electron chi connectivity index (χ2n) is 7.75. The van der Waals surface area contributed by atoms with Crippen LogP contribution in [0.15, 0.2) is 60.7 Å². The van der Waals surface area contributed by atoms with E-state index in [1.165, 1.54) is 11.1 Å². The van der Waals surface area contributed by atoms with Crippen molar-refractivity contribution in [2.75, 3.05) is 26.2 Å². The van der Waals surface area contributed by atoms with E-state index in [0.29, 0.717) is 26.1 Å². The first kappa shape index (κ1) is 22.7. The number of carbonyl (C=O) groups excluding carboxylic acids is 1. The first-order valence-corrected chi connectivity index (χ1v) is 10.6. The highest BCUT2D eigenvalue weighted by Crippen LogP contribution is 2.26. The van der Waals surface area contributed by atoms with Crippen LogP contribution in [0.4, 0.5) is 0 Å². The van der Waals surface area contributed by atoms with Crippen molar-refractivity contribution < 1.29 is 9.63 Å². The van der Waals surface area contributed by atoms with Crippen molar-refractivity contribution in [3.63, 3.8) is 0 Å². The number of benzene rings is 2. The Hall–Kier alpha value is -2.94. The van der Waals surface area contributed by atoms with Crippen LogP contribution in [-0.2, 0) is 9.63 Å². The molecular weight excluding hydrogens is 392 g/mol. The van der Waals surface area contributed by atoms with E-state index in [2.05, 4.69) is 35.1 Å². The molecule has 7 N–H and O–H groups in total. The van der Waals surface area contributed by atoms with E-state index in [1.54, 1.807) is 0 Å². The number of hydrogen-bond acceptors (Lipinski definition) is 5. The van der Waals surface area contributed by atoms with Gasteiger partial charge in [-0.15, -0.1) is 0 Å². The average Bonchev–Trinajstić information content (AvgIpc) is 2.94. The summed E-state index contributed by atoms with van der Waals surface area (Å²) in [6.07, 6.45) is 1.25. The van der Waals surface area contributed by atoms with Gasteiger partial charge in [0.25, 0.3) is 0 Å². The zero-order valence-electron chi connectivity index (χ0n) is 17.7. The highest BCUT2D eigenvalue weighted by atomic mass is 16.6. The Bertz CT molecular complexity index is 793. The SMILES string of the molecule is N=C(N)NOCC[C@@H]1N[C@H](CN)CCN(CC(c2ccccc2)c2ccccc2)C1=O. The lowest BCUT2D eigenvalue weighted by molar-refractivity contribution is -0.133. The Kier molecular flexibility index (Phi) is 8.40. The van der Waals surface area contributed by atoms with Crippen molar-refractivity contribution in [1.29, 1.82) is 5.41 Å². The van der Waals surface area contributed by atoms with Gasteiger partial charge in [0.2, 0.25) is 11.9 Å². The Morgan fingerprint density at radius 3 is 2.32 bits per heavy atom. The Labute approximate surface area is 183 Å². The summed E-state index contributed by atoms with van der Waals surface area (Å²) in [5, 5.41) is 10.5. The molecule has 2 aromatic carbocycles. The molecule has 0 aromatic heterocycles. The van der Waals surface area contributed by atoms with Crippen LogP contribution in [0.3, 0.4) is 0 Å². The molecule has 0 unspecified atom stereocenters. The van der Waals surface area contributed by atoms with Gasteiger partial charge in [-0.1, -0.05) is 60.7 Å². The topological polar surface area (TPSA) is 129 Å². The van der Waals surface area contributed by atoms with Crippen LogP contribution in [0.5, 0.6) is 0 Å². The van der Waals surface area contributed by atoms with Crippen molar-refractivity contribution in [2.24, 2.45) is 11.5 Å². The second-order valence-corrected chi connectivity index (χ2v) is 7.75. The van der Waals surface area contributed by atoms with Crippen molar-refractivity contribution in [1.82, 2.24) is 15.7 Å². The summed E-state index contributed by atoms with van der Waals surface area (Å²) in [5.74, 6) is -0.147. The van der Waals surface area contributed by atoms with Crippen LogP contribution in [0, 0.1) is 5.41 Å². The van der Waals surface area contributed by atoms with Gasteiger partial charge in [0, 0.05) is 31.6 Å². The number of nitrogens with one attached hydrogen (secondary N) is 3. The zero-order valence-corrected chi connectivity index (χ0v) is 17.7. The summed E-state index contributed by atoms with van der Waals surface area (Å²) in [5.41, 5.74) is 15.8. The standard InChI is InChI=1S/C23H32N6O2/c24-15-19-11-13-29(22(30)21(27-19)12-14-31-28-23(25)26)16-20(17-7-3-1-4-8-17)18-9-5-2-6-10-18/h1-10,19-21,27H,11-16,24H2,(H4,25,26,28)/t19-,21-/m0/s1. The van der Waals surface area contributed by atoms with Crippen LogP contribution in [0.2, 0.25) is 0 Å². The second kappa shape index (κ2) is 11.5. The fourth-order valence-electron chi connectivity index (χ4n) is 3.96. The minimum Gasteiger partial charge on any atom is -0.368 e. The largest absolute Gasteiger partial charge is 0.368 e. The molecule has 1 saturated heterocycles. The van der Waals surface area contributed by atoms with Crippen LogP contribution in [-0.4, -0.2) is 55.1 Å². The van der Waals surface area contributed by atoms with Crippen LogP contribution < -0.4 is 22.3 Å². The normalized spacial score (nSPS) is 19.3. The van der Waals surface area contributed by atoms with Gasteiger partial charge in [0.1, 0.15) is 0 Å². The van der Waals surface area contributed by atoms with Crippen molar-refractivity contribution in [3.05, 3.63) is 71.8 Å². The monoisotopic (exact) mass is 424 g/mol. The summed E-state index contributed by atoms with van der Waals surface area (Å²) in [6, 6.07) is 20.2. The van der Waals surface area contributed by atoms with Crippen LogP contribution in [0.1, 0.15) is 29.9 Å². The zero-order chi connectivity index (χ0) is 22.1. The van der Waals surface area contributed by atoms with Crippen molar-refractivity contribution in [2.45, 2.75) is 30.8 Å². The third-order valence-electron chi connectivity index (χ3n) is 5.58. The molecule has 0 saturated carbocycles. The van der Waals surface area contributed by atoms with Gasteiger partial charge in [-0.05, 0) is 24.0 Å². The summed E-state index contributed by atoms with van der Waals surface area (Å²) < 4.78 is 0. The first-order valence-electron chi connectivity index (χ1n) is 10.6. The van der Waals surface area contributed by atoms with E-state index in [9.17, 15) is 4.79 Å². The molecule has 1 fully saturated rings. The third kappa shape index (κ3) is 6.52. The fraction of sp³-hybridized carbons (Fsp3) is 0.391. The predicted molar refractivity (Wildman–Crippen MR) is 121 cm³/mol. The molecular formula is C23H32N6O2. The summed E-state index contributed by atoms with van der Waals surface area (Å²) in [6.45, 7) is 1.95. The van der Waals surface area contributed by atoms with Crippen molar-refractivity contribution in [3.8, 4) is 0 Å². The van der Waals surface area contributed by atoms with Gasteiger partial charge in [0.05, 0.1) is 12.6 Å². The molecule has 0 aliphatic carbocycles. The molecule has 8 nitrogen and oxygen atoms in total. The maximum Gasteiger partial charge on any atom is 0.239 e. The number of hydroxylamine groups is 1. The summed E-state index contributed by atoms with van der Waals surface area (Å²) in [4.78, 5) is 20.5. The number of nitrogens with zero attached hydrogens (tertiary/aromatic N) is 1. The smallest absolute Gasteiger partial charge is 0.239 e. The third-order valence-corrected chi connectivity index (χ3v) is 5.58. The minimum atomic E-state index is -0.406. The highest BCUT2D eigenvalue weighted by molar-refractivity contribution is 5.82. The number of carbonyl (C=O) groups is 1. The van der Waals surface area contributed by atoms with Gasteiger partial charge in [-0.25, -0.2) is 5.48 Å². The average molecular weight is 425 g/mol. The molecule has 0 spiro atoms. The van der Waals surface area contributed by atoms with E-state index in [4.69, 9.17) is 21.7 Å². The lowest BCUT2D eigenvalue weighted by Gasteiger charge is -2.29. The summed E-state index contributed by atoms with van der Waals surface area (Å²) in [7, 11) is 0. The van der Waals surface area contributed by atoms with Gasteiger partial charge in [0.15, 0.2) is 0 Å². The van der Waals surface area contributed by atoms with Crippen molar-refractivity contribution >= 4 is 11.9 Å². The van der Waals surface area contributed by atoms with Gasteiger partial charge in [-0.3, -0.25) is 15.0 Å². The molecule has 0 bridgehead atoms.